The largest absolute Gasteiger partial charge is 0.369 e. The number of rotatable bonds is 3. The topological polar surface area (TPSA) is 106 Å². The summed E-state index contributed by atoms with van der Waals surface area (Å²) in [4.78, 5) is 29.4. The summed E-state index contributed by atoms with van der Waals surface area (Å²) < 4.78 is 1.83. The molecule has 0 radical (unpaired) electrons. The van der Waals surface area contributed by atoms with Gasteiger partial charge in [0.05, 0.1) is 24.0 Å². The Morgan fingerprint density at radius 2 is 2.17 bits per heavy atom. The van der Waals surface area contributed by atoms with Gasteiger partial charge in [-0.3, -0.25) is 4.79 Å². The number of carbonyl (C=O) groups excluding carboxylic acids is 2. The van der Waals surface area contributed by atoms with Crippen molar-refractivity contribution >= 4 is 28.7 Å². The Hall–Kier alpha value is -2.64. The van der Waals surface area contributed by atoms with Gasteiger partial charge < -0.3 is 16.0 Å². The monoisotopic (exact) mass is 316 g/mol. The highest BCUT2D eigenvalue weighted by molar-refractivity contribution is 5.92. The molecule has 8 heteroatoms. The lowest BCUT2D eigenvalue weighted by molar-refractivity contribution is -0.121. The number of anilines is 1. The zero-order valence-electron chi connectivity index (χ0n) is 13.2. The van der Waals surface area contributed by atoms with E-state index < -0.39 is 0 Å². The highest BCUT2D eigenvalue weighted by Gasteiger charge is 2.29. The fourth-order valence-electron chi connectivity index (χ4n) is 2.77. The van der Waals surface area contributed by atoms with Crippen molar-refractivity contribution in [2.45, 2.75) is 26.3 Å². The highest BCUT2D eigenvalue weighted by Crippen LogP contribution is 2.21. The molecule has 3 heterocycles. The fraction of sp³-hybridized carbons (Fsp3) is 0.467. The van der Waals surface area contributed by atoms with Crippen molar-refractivity contribution in [2.24, 2.45) is 11.7 Å². The highest BCUT2D eigenvalue weighted by atomic mass is 16.2. The Bertz CT molecular complexity index is 754. The molecule has 23 heavy (non-hydrogen) atoms. The van der Waals surface area contributed by atoms with Crippen molar-refractivity contribution < 1.29 is 9.59 Å². The summed E-state index contributed by atoms with van der Waals surface area (Å²) in [7, 11) is 0. The average molecular weight is 316 g/mol. The van der Waals surface area contributed by atoms with E-state index in [1.807, 2.05) is 24.6 Å². The Morgan fingerprint density at radius 3 is 2.83 bits per heavy atom. The lowest BCUT2D eigenvalue weighted by Gasteiger charge is -2.16. The zero-order chi connectivity index (χ0) is 16.6. The molecule has 1 saturated heterocycles. The minimum absolute atomic E-state index is 0.218. The van der Waals surface area contributed by atoms with E-state index in [-0.39, 0.29) is 23.9 Å². The standard InChI is InChI=1S/C15H20N6O2/c1-9(2)21-14-11(6-18-21)5-12(7-17-14)19-15(23)20-4-3-10(8-20)13(16)22/h5-7,9-10H,3-4,8H2,1-2H3,(H2,16,22)(H,19,23). The maximum Gasteiger partial charge on any atom is 0.321 e. The van der Waals surface area contributed by atoms with Gasteiger partial charge in [-0.05, 0) is 26.3 Å². The molecule has 0 saturated carbocycles. The lowest BCUT2D eigenvalue weighted by Crippen LogP contribution is -2.34. The van der Waals surface area contributed by atoms with Crippen LogP contribution in [-0.2, 0) is 4.79 Å². The number of likely N-dealkylation sites (tertiary alicyclic amines) is 1. The number of nitrogens with zero attached hydrogens (tertiary/aromatic N) is 4. The number of hydrogen-bond donors (Lipinski definition) is 2. The first-order chi connectivity index (χ1) is 11.0. The first kappa shape index (κ1) is 15.3. The number of primary amides is 1. The second-order valence-corrected chi connectivity index (χ2v) is 6.08. The number of carbonyl (C=O) groups is 2. The van der Waals surface area contributed by atoms with Crippen LogP contribution < -0.4 is 11.1 Å². The molecule has 2 aromatic rings. The predicted molar refractivity (Wildman–Crippen MR) is 85.8 cm³/mol. The fourth-order valence-corrected chi connectivity index (χ4v) is 2.77. The second-order valence-electron chi connectivity index (χ2n) is 6.08. The molecule has 122 valence electrons. The van der Waals surface area contributed by atoms with Crippen LogP contribution >= 0.6 is 0 Å². The molecule has 1 unspecified atom stereocenters. The summed E-state index contributed by atoms with van der Waals surface area (Å²) >= 11 is 0. The number of amides is 3. The SMILES string of the molecule is CC(C)n1ncc2cc(NC(=O)N3CCC(C(N)=O)C3)cnc21. The first-order valence-electron chi connectivity index (χ1n) is 7.64. The van der Waals surface area contributed by atoms with Crippen LogP contribution in [0.2, 0.25) is 0 Å². The van der Waals surface area contributed by atoms with E-state index in [0.717, 1.165) is 11.0 Å². The molecule has 0 aromatic carbocycles. The number of fused-ring (bicyclic) bond motifs is 1. The summed E-state index contributed by atoms with van der Waals surface area (Å²) in [6.45, 7) is 4.96. The minimum atomic E-state index is -0.357. The molecular weight excluding hydrogens is 296 g/mol. The molecule has 3 amide bonds. The maximum atomic E-state index is 12.2. The van der Waals surface area contributed by atoms with E-state index in [1.54, 1.807) is 17.3 Å². The summed E-state index contributed by atoms with van der Waals surface area (Å²) in [5.41, 5.74) is 6.68. The van der Waals surface area contributed by atoms with Crippen LogP contribution in [0.3, 0.4) is 0 Å². The predicted octanol–water partition coefficient (Wildman–Crippen LogP) is 1.35. The molecule has 1 fully saturated rings. The van der Waals surface area contributed by atoms with Crippen molar-refractivity contribution in [1.82, 2.24) is 19.7 Å². The number of nitrogens with one attached hydrogen (secondary N) is 1. The molecule has 1 atom stereocenters. The van der Waals surface area contributed by atoms with E-state index in [4.69, 9.17) is 5.73 Å². The van der Waals surface area contributed by atoms with E-state index in [1.165, 1.54) is 0 Å². The lowest BCUT2D eigenvalue weighted by atomic mass is 10.1. The molecule has 0 aliphatic carbocycles. The van der Waals surface area contributed by atoms with Crippen molar-refractivity contribution in [3.8, 4) is 0 Å². The average Bonchev–Trinajstić information content (AvgIpc) is 3.13. The molecule has 2 aromatic heterocycles. The third-order valence-corrected chi connectivity index (χ3v) is 4.05. The van der Waals surface area contributed by atoms with Crippen LogP contribution in [-0.4, -0.2) is 44.7 Å². The van der Waals surface area contributed by atoms with Gasteiger partial charge in [0.2, 0.25) is 5.91 Å². The van der Waals surface area contributed by atoms with Gasteiger partial charge in [0.1, 0.15) is 0 Å². The molecule has 0 spiro atoms. The van der Waals surface area contributed by atoms with Crippen molar-refractivity contribution in [3.63, 3.8) is 0 Å². The van der Waals surface area contributed by atoms with Gasteiger partial charge in [0, 0.05) is 24.5 Å². The summed E-state index contributed by atoms with van der Waals surface area (Å²) in [6, 6.07) is 1.82. The van der Waals surface area contributed by atoms with Crippen LogP contribution in [0.5, 0.6) is 0 Å². The zero-order valence-corrected chi connectivity index (χ0v) is 13.2. The normalized spacial score (nSPS) is 17.9. The van der Waals surface area contributed by atoms with Crippen molar-refractivity contribution in [3.05, 3.63) is 18.5 Å². The molecule has 1 aliphatic rings. The quantitative estimate of drug-likeness (QED) is 0.891. The molecule has 0 bridgehead atoms. The smallest absolute Gasteiger partial charge is 0.321 e. The van der Waals surface area contributed by atoms with Crippen LogP contribution in [0.1, 0.15) is 26.3 Å². The molecule has 3 N–H and O–H groups in total. The van der Waals surface area contributed by atoms with E-state index in [2.05, 4.69) is 15.4 Å². The van der Waals surface area contributed by atoms with Crippen molar-refractivity contribution in [2.75, 3.05) is 18.4 Å². The number of pyridine rings is 1. The second kappa shape index (κ2) is 5.86. The van der Waals surface area contributed by atoms with E-state index in [0.29, 0.717) is 25.2 Å². The number of hydrogen-bond acceptors (Lipinski definition) is 4. The Labute approximate surface area is 133 Å². The third kappa shape index (κ3) is 2.96. The van der Waals surface area contributed by atoms with Crippen LogP contribution in [0.25, 0.3) is 11.0 Å². The Kier molecular flexibility index (Phi) is 3.89. The van der Waals surface area contributed by atoms with E-state index in [9.17, 15) is 9.59 Å². The number of urea groups is 1. The first-order valence-corrected chi connectivity index (χ1v) is 7.64. The van der Waals surface area contributed by atoms with Crippen molar-refractivity contribution in [1.29, 1.82) is 0 Å². The molecule has 1 aliphatic heterocycles. The van der Waals surface area contributed by atoms with Gasteiger partial charge >= 0.3 is 6.03 Å². The van der Waals surface area contributed by atoms with Gasteiger partial charge in [0.25, 0.3) is 0 Å². The summed E-state index contributed by atoms with van der Waals surface area (Å²) in [6.07, 6.45) is 3.96. The van der Waals surface area contributed by atoms with Gasteiger partial charge in [-0.1, -0.05) is 0 Å². The van der Waals surface area contributed by atoms with Gasteiger partial charge in [-0.15, -0.1) is 0 Å². The Morgan fingerprint density at radius 1 is 1.39 bits per heavy atom. The van der Waals surface area contributed by atoms with Gasteiger partial charge in [0.15, 0.2) is 5.65 Å². The summed E-state index contributed by atoms with van der Waals surface area (Å²) in [5.74, 6) is -0.616. The number of aromatic nitrogens is 3. The summed E-state index contributed by atoms with van der Waals surface area (Å²) in [5, 5.41) is 7.98. The molecule has 8 nitrogen and oxygen atoms in total. The molecule has 3 rings (SSSR count). The Balaban J connectivity index is 1.72. The van der Waals surface area contributed by atoms with Gasteiger partial charge in [-0.2, -0.15) is 5.10 Å². The number of nitrogens with two attached hydrogens (primary N) is 1. The van der Waals surface area contributed by atoms with Crippen LogP contribution in [0.4, 0.5) is 10.5 Å². The van der Waals surface area contributed by atoms with Crippen LogP contribution in [0.15, 0.2) is 18.5 Å². The molecular formula is C15H20N6O2. The van der Waals surface area contributed by atoms with Crippen LogP contribution in [0, 0.1) is 5.92 Å². The minimum Gasteiger partial charge on any atom is -0.369 e. The van der Waals surface area contributed by atoms with Gasteiger partial charge in [-0.25, -0.2) is 14.5 Å². The third-order valence-electron chi connectivity index (χ3n) is 4.05. The van der Waals surface area contributed by atoms with E-state index >= 15 is 0 Å². The maximum absolute atomic E-state index is 12.2.